The van der Waals surface area contributed by atoms with Crippen molar-refractivity contribution in [1.29, 1.82) is 0 Å². The summed E-state index contributed by atoms with van der Waals surface area (Å²) in [6, 6.07) is 0. The maximum Gasteiger partial charge on any atom is 0.306 e. The van der Waals surface area contributed by atoms with Crippen molar-refractivity contribution in [3.8, 4) is 0 Å². The Balaban J connectivity index is 4.27. The van der Waals surface area contributed by atoms with E-state index in [1.54, 1.807) is 0 Å². The Labute approximate surface area is 450 Å². The zero-order valence-corrected chi connectivity index (χ0v) is 48.7. The molecule has 0 aliphatic heterocycles. The van der Waals surface area contributed by atoms with Crippen LogP contribution in [0.2, 0.25) is 0 Å². The average Bonchev–Trinajstić information content (AvgIpc) is 3.38. The molecule has 0 aliphatic carbocycles. The van der Waals surface area contributed by atoms with Gasteiger partial charge in [-0.3, -0.25) is 9.59 Å². The van der Waals surface area contributed by atoms with Gasteiger partial charge in [-0.15, -0.1) is 0 Å². The molecule has 0 fully saturated rings. The number of esters is 2. The van der Waals surface area contributed by atoms with Gasteiger partial charge in [0.15, 0.2) is 6.10 Å². The molecule has 0 spiro atoms. The first-order chi connectivity index (χ1) is 35.6. The van der Waals surface area contributed by atoms with Gasteiger partial charge >= 0.3 is 11.9 Å². The molecule has 0 heterocycles. The van der Waals surface area contributed by atoms with Gasteiger partial charge in [-0.05, 0) is 83.5 Å². The van der Waals surface area contributed by atoms with Crippen LogP contribution in [0.4, 0.5) is 0 Å². The molecule has 0 amide bonds. The van der Waals surface area contributed by atoms with Gasteiger partial charge in [-0.1, -0.05) is 294 Å². The predicted octanol–water partition coefficient (Wildman–Crippen LogP) is 22.2. The van der Waals surface area contributed by atoms with Gasteiger partial charge in [0.1, 0.15) is 6.61 Å². The van der Waals surface area contributed by atoms with E-state index in [2.05, 4.69) is 69.4 Å². The highest BCUT2D eigenvalue weighted by Gasteiger charge is 2.18. The van der Waals surface area contributed by atoms with E-state index < -0.39 is 6.10 Å². The third-order valence-electron chi connectivity index (χ3n) is 14.3. The van der Waals surface area contributed by atoms with Crippen LogP contribution in [0.25, 0.3) is 0 Å². The Hall–Kier alpha value is -2.14. The van der Waals surface area contributed by atoms with Gasteiger partial charge in [-0.25, -0.2) is 0 Å². The van der Waals surface area contributed by atoms with Crippen LogP contribution in [0.3, 0.4) is 0 Å². The Bertz CT molecular complexity index is 1190. The largest absolute Gasteiger partial charge is 0.462 e. The van der Waals surface area contributed by atoms with Gasteiger partial charge in [0, 0.05) is 19.4 Å². The van der Waals surface area contributed by atoms with Gasteiger partial charge in [0.25, 0.3) is 0 Å². The number of carbonyl (C=O) groups is 2. The van der Waals surface area contributed by atoms with Crippen LogP contribution in [0, 0.1) is 0 Å². The SMILES string of the molecule is CCCCC/C=C\C/C=C\C/C=C\CCCCCCCCC(=O)OCC(COCCCCCCCCCCCCCCCCCCCC)OC(=O)CCCCCCCCCCC/C=C\CCCCCCCC. The van der Waals surface area contributed by atoms with E-state index in [9.17, 15) is 9.59 Å². The lowest BCUT2D eigenvalue weighted by Crippen LogP contribution is -2.30. The van der Waals surface area contributed by atoms with Crippen LogP contribution in [0.1, 0.15) is 342 Å². The molecule has 0 rings (SSSR count). The molecule has 422 valence electrons. The molecule has 0 aromatic rings. The molecule has 0 N–H and O–H groups in total. The van der Waals surface area contributed by atoms with Crippen molar-refractivity contribution in [2.24, 2.45) is 0 Å². The molecule has 0 aromatic carbocycles. The van der Waals surface area contributed by atoms with Crippen molar-refractivity contribution in [3.63, 3.8) is 0 Å². The molecule has 0 bridgehead atoms. The number of carbonyl (C=O) groups excluding carboxylic acids is 2. The van der Waals surface area contributed by atoms with Crippen molar-refractivity contribution in [2.75, 3.05) is 19.8 Å². The van der Waals surface area contributed by atoms with E-state index in [1.807, 2.05) is 0 Å². The van der Waals surface area contributed by atoms with E-state index in [0.717, 1.165) is 57.8 Å². The van der Waals surface area contributed by atoms with E-state index in [0.29, 0.717) is 19.4 Å². The van der Waals surface area contributed by atoms with Crippen molar-refractivity contribution < 1.29 is 23.8 Å². The molecular weight excluding hydrogens is 885 g/mol. The highest BCUT2D eigenvalue weighted by Crippen LogP contribution is 2.17. The van der Waals surface area contributed by atoms with Crippen molar-refractivity contribution >= 4 is 11.9 Å². The summed E-state index contributed by atoms with van der Waals surface area (Å²) in [7, 11) is 0. The maximum absolute atomic E-state index is 12.9. The Morgan fingerprint density at radius 1 is 0.306 bits per heavy atom. The zero-order chi connectivity index (χ0) is 52.0. The molecule has 1 atom stereocenters. The minimum atomic E-state index is -0.542. The van der Waals surface area contributed by atoms with Crippen molar-refractivity contribution in [1.82, 2.24) is 0 Å². The lowest BCUT2D eigenvalue weighted by Gasteiger charge is -2.18. The second kappa shape index (κ2) is 63.2. The Morgan fingerprint density at radius 3 is 0.972 bits per heavy atom. The smallest absolute Gasteiger partial charge is 0.306 e. The number of ether oxygens (including phenoxy) is 3. The number of rotatable bonds is 60. The predicted molar refractivity (Wildman–Crippen MR) is 316 cm³/mol. The lowest BCUT2D eigenvalue weighted by atomic mass is 10.0. The van der Waals surface area contributed by atoms with Gasteiger partial charge in [0.2, 0.25) is 0 Å². The molecule has 1 unspecified atom stereocenters. The standard InChI is InChI=1S/C67H124O5/c1-4-7-10-13-16-19-22-25-28-31-34-36-39-42-45-48-51-54-57-60-66(68)71-64-65(63-70-62-59-56-53-50-47-44-41-38-33-30-27-24-21-18-15-12-9-6-3)72-67(69)61-58-55-52-49-46-43-40-37-35-32-29-26-23-20-17-14-11-8-5-2/h16,19,25-26,28-29,34,36,65H,4-15,17-18,20-24,27,30-33,35,37-64H2,1-3H3/b19-16-,28-25-,29-26-,36-34-. The van der Waals surface area contributed by atoms with Gasteiger partial charge < -0.3 is 14.2 Å². The first-order valence-corrected chi connectivity index (χ1v) is 32.2. The van der Waals surface area contributed by atoms with Gasteiger partial charge in [0.05, 0.1) is 6.61 Å². The minimum absolute atomic E-state index is 0.0820. The summed E-state index contributed by atoms with van der Waals surface area (Å²) >= 11 is 0. The number of unbranched alkanes of at least 4 members (excludes halogenated alkanes) is 41. The summed E-state index contributed by atoms with van der Waals surface area (Å²) < 4.78 is 17.6. The lowest BCUT2D eigenvalue weighted by molar-refractivity contribution is -0.163. The topological polar surface area (TPSA) is 61.8 Å². The number of allylic oxidation sites excluding steroid dienone is 8. The molecule has 0 aromatic heterocycles. The van der Waals surface area contributed by atoms with Crippen LogP contribution < -0.4 is 0 Å². The number of hydrogen-bond donors (Lipinski definition) is 0. The van der Waals surface area contributed by atoms with Crippen LogP contribution >= 0.6 is 0 Å². The fraction of sp³-hybridized carbons (Fsp3) is 0.851. The third kappa shape index (κ3) is 60.4. The van der Waals surface area contributed by atoms with Crippen molar-refractivity contribution in [3.05, 3.63) is 48.6 Å². The zero-order valence-electron chi connectivity index (χ0n) is 48.7. The second-order valence-electron chi connectivity index (χ2n) is 21.7. The fourth-order valence-electron chi connectivity index (χ4n) is 9.52. The first kappa shape index (κ1) is 69.9. The van der Waals surface area contributed by atoms with Gasteiger partial charge in [-0.2, -0.15) is 0 Å². The summed E-state index contributed by atoms with van der Waals surface area (Å²) in [5.74, 6) is -0.394. The molecule has 5 heteroatoms. The highest BCUT2D eigenvalue weighted by atomic mass is 16.6. The Kier molecular flexibility index (Phi) is 61.3. The van der Waals surface area contributed by atoms with E-state index in [1.165, 1.54) is 250 Å². The van der Waals surface area contributed by atoms with Crippen LogP contribution in [-0.4, -0.2) is 37.9 Å². The summed E-state index contributed by atoms with van der Waals surface area (Å²) in [6.07, 6.45) is 80.0. The summed E-state index contributed by atoms with van der Waals surface area (Å²) in [4.78, 5) is 25.6. The first-order valence-electron chi connectivity index (χ1n) is 32.2. The third-order valence-corrected chi connectivity index (χ3v) is 14.3. The summed E-state index contributed by atoms with van der Waals surface area (Å²) in [6.45, 7) is 7.85. The second-order valence-corrected chi connectivity index (χ2v) is 21.7. The molecule has 0 radical (unpaired) electrons. The average molecular weight is 1010 g/mol. The van der Waals surface area contributed by atoms with E-state index in [4.69, 9.17) is 14.2 Å². The molecule has 5 nitrogen and oxygen atoms in total. The summed E-state index contributed by atoms with van der Waals surface area (Å²) in [5, 5.41) is 0. The highest BCUT2D eigenvalue weighted by molar-refractivity contribution is 5.70. The Morgan fingerprint density at radius 2 is 0.583 bits per heavy atom. The van der Waals surface area contributed by atoms with Crippen LogP contribution in [0.15, 0.2) is 48.6 Å². The van der Waals surface area contributed by atoms with Crippen LogP contribution in [0.5, 0.6) is 0 Å². The molecule has 0 saturated carbocycles. The monoisotopic (exact) mass is 1010 g/mol. The van der Waals surface area contributed by atoms with E-state index >= 15 is 0 Å². The van der Waals surface area contributed by atoms with Crippen LogP contribution in [-0.2, 0) is 23.8 Å². The molecular formula is C67H124O5. The normalized spacial score (nSPS) is 12.4. The van der Waals surface area contributed by atoms with Crippen molar-refractivity contribution in [2.45, 2.75) is 348 Å². The molecule has 72 heavy (non-hydrogen) atoms. The minimum Gasteiger partial charge on any atom is -0.462 e. The molecule has 0 aliphatic rings. The molecule has 0 saturated heterocycles. The summed E-state index contributed by atoms with van der Waals surface area (Å²) in [5.41, 5.74) is 0. The number of hydrogen-bond acceptors (Lipinski definition) is 5. The quantitative estimate of drug-likeness (QED) is 0.0345. The van der Waals surface area contributed by atoms with E-state index in [-0.39, 0.29) is 25.2 Å². The fourth-order valence-corrected chi connectivity index (χ4v) is 9.52. The maximum atomic E-state index is 12.9.